The highest BCUT2D eigenvalue weighted by Gasteiger charge is 2.28. The normalized spacial score (nSPS) is 19.0. The molecule has 1 aliphatic rings. The van der Waals surface area contributed by atoms with E-state index in [1.807, 2.05) is 32.0 Å². The van der Waals surface area contributed by atoms with Gasteiger partial charge in [0.25, 0.3) is 0 Å². The van der Waals surface area contributed by atoms with E-state index in [4.69, 9.17) is 24.3 Å². The standard InChI is InChI=1S/C24H32FN3O4/c1-4-26-24(27-14-18-5-10-21(31-12-11-29)22(13-18)30-3)28-15-17(2)32-23(16-28)19-6-8-20(25)9-7-19/h5-10,13,17,23,29H,4,11-12,14-16H2,1-3H3,(H,26,27). The van der Waals surface area contributed by atoms with Crippen LogP contribution in [0.15, 0.2) is 47.5 Å². The van der Waals surface area contributed by atoms with Crippen molar-refractivity contribution in [3.8, 4) is 11.5 Å². The van der Waals surface area contributed by atoms with Crippen molar-refractivity contribution in [2.45, 2.75) is 32.6 Å². The molecule has 2 atom stereocenters. The van der Waals surface area contributed by atoms with Gasteiger partial charge in [0.05, 0.1) is 32.9 Å². The summed E-state index contributed by atoms with van der Waals surface area (Å²) in [7, 11) is 1.59. The van der Waals surface area contributed by atoms with Crippen molar-refractivity contribution in [3.63, 3.8) is 0 Å². The Morgan fingerprint density at radius 2 is 2.00 bits per heavy atom. The zero-order chi connectivity index (χ0) is 22.9. The van der Waals surface area contributed by atoms with Crippen LogP contribution in [0.5, 0.6) is 11.5 Å². The molecule has 0 aliphatic carbocycles. The van der Waals surface area contributed by atoms with Gasteiger partial charge < -0.3 is 29.5 Å². The number of nitrogens with zero attached hydrogens (tertiary/aromatic N) is 2. The molecule has 174 valence electrons. The molecule has 2 N–H and O–H groups in total. The lowest BCUT2D eigenvalue weighted by molar-refractivity contribution is -0.0605. The second kappa shape index (κ2) is 11.7. The Labute approximate surface area is 188 Å². The molecule has 7 nitrogen and oxygen atoms in total. The lowest BCUT2D eigenvalue weighted by Gasteiger charge is -2.38. The van der Waals surface area contributed by atoms with Gasteiger partial charge in [-0.2, -0.15) is 0 Å². The number of hydrogen-bond donors (Lipinski definition) is 2. The molecule has 0 aromatic heterocycles. The topological polar surface area (TPSA) is 75.6 Å². The van der Waals surface area contributed by atoms with E-state index in [-0.39, 0.29) is 31.2 Å². The van der Waals surface area contributed by atoms with Crippen LogP contribution in [0.3, 0.4) is 0 Å². The molecule has 0 saturated carbocycles. The van der Waals surface area contributed by atoms with Crippen molar-refractivity contribution in [2.24, 2.45) is 4.99 Å². The highest BCUT2D eigenvalue weighted by molar-refractivity contribution is 5.80. The van der Waals surface area contributed by atoms with Crippen LogP contribution >= 0.6 is 0 Å². The van der Waals surface area contributed by atoms with Gasteiger partial charge in [-0.3, -0.25) is 0 Å². The zero-order valence-electron chi connectivity index (χ0n) is 18.9. The third-order valence-corrected chi connectivity index (χ3v) is 5.12. The largest absolute Gasteiger partial charge is 0.493 e. The molecule has 2 aromatic carbocycles. The molecule has 1 aliphatic heterocycles. The molecule has 0 bridgehead atoms. The van der Waals surface area contributed by atoms with Gasteiger partial charge in [0.15, 0.2) is 17.5 Å². The van der Waals surface area contributed by atoms with Crippen LogP contribution in [0.2, 0.25) is 0 Å². The first-order chi connectivity index (χ1) is 15.5. The first-order valence-corrected chi connectivity index (χ1v) is 10.9. The third-order valence-electron chi connectivity index (χ3n) is 5.12. The molecule has 3 rings (SSSR count). The number of morpholine rings is 1. The number of aliphatic hydroxyl groups excluding tert-OH is 1. The number of benzene rings is 2. The second-order valence-corrected chi connectivity index (χ2v) is 7.62. The third kappa shape index (κ3) is 6.34. The summed E-state index contributed by atoms with van der Waals surface area (Å²) in [6.07, 6.45) is -0.156. The van der Waals surface area contributed by atoms with Gasteiger partial charge >= 0.3 is 0 Å². The van der Waals surface area contributed by atoms with Gasteiger partial charge in [-0.15, -0.1) is 0 Å². The van der Waals surface area contributed by atoms with Crippen molar-refractivity contribution < 1.29 is 23.7 Å². The lowest BCUT2D eigenvalue weighted by Crippen LogP contribution is -2.50. The SMILES string of the molecule is CCNC(=NCc1ccc(OCCO)c(OC)c1)N1CC(C)OC(c2ccc(F)cc2)C1. The number of guanidine groups is 1. The maximum Gasteiger partial charge on any atom is 0.194 e. The average Bonchev–Trinajstić information content (AvgIpc) is 2.80. The van der Waals surface area contributed by atoms with Crippen molar-refractivity contribution >= 4 is 5.96 Å². The number of nitrogens with one attached hydrogen (secondary N) is 1. The highest BCUT2D eigenvalue weighted by Crippen LogP contribution is 2.29. The molecule has 1 heterocycles. The molecule has 2 unspecified atom stereocenters. The zero-order valence-corrected chi connectivity index (χ0v) is 18.9. The molecule has 8 heteroatoms. The van der Waals surface area contributed by atoms with Crippen molar-refractivity contribution in [1.29, 1.82) is 0 Å². The van der Waals surface area contributed by atoms with Crippen LogP contribution in [-0.2, 0) is 11.3 Å². The predicted molar refractivity (Wildman–Crippen MR) is 122 cm³/mol. The monoisotopic (exact) mass is 445 g/mol. The van der Waals surface area contributed by atoms with Gasteiger partial charge in [0.2, 0.25) is 0 Å². The number of methoxy groups -OCH3 is 1. The summed E-state index contributed by atoms with van der Waals surface area (Å²) in [6.45, 7) is 6.76. The van der Waals surface area contributed by atoms with E-state index >= 15 is 0 Å². The molecule has 2 aromatic rings. The number of ether oxygens (including phenoxy) is 3. The van der Waals surface area contributed by atoms with Gasteiger partial charge in [-0.1, -0.05) is 18.2 Å². The van der Waals surface area contributed by atoms with Gasteiger partial charge in [-0.25, -0.2) is 9.38 Å². The maximum atomic E-state index is 13.3. The summed E-state index contributed by atoms with van der Waals surface area (Å²) in [5.74, 6) is 1.74. The van der Waals surface area contributed by atoms with Gasteiger partial charge in [0, 0.05) is 13.1 Å². The number of aliphatic imine (C=N–C) groups is 1. The second-order valence-electron chi connectivity index (χ2n) is 7.62. The summed E-state index contributed by atoms with van der Waals surface area (Å²) < 4.78 is 30.4. The van der Waals surface area contributed by atoms with E-state index in [0.29, 0.717) is 31.1 Å². The van der Waals surface area contributed by atoms with E-state index in [1.54, 1.807) is 19.2 Å². The van der Waals surface area contributed by atoms with Crippen LogP contribution in [0.25, 0.3) is 0 Å². The quantitative estimate of drug-likeness (QED) is 0.480. The van der Waals surface area contributed by atoms with Crippen LogP contribution < -0.4 is 14.8 Å². The lowest BCUT2D eigenvalue weighted by atomic mass is 10.1. The molecule has 1 saturated heterocycles. The Balaban J connectivity index is 1.75. The predicted octanol–water partition coefficient (Wildman–Crippen LogP) is 3.13. The van der Waals surface area contributed by atoms with Crippen molar-refractivity contribution in [1.82, 2.24) is 10.2 Å². The molecule has 32 heavy (non-hydrogen) atoms. The molecular weight excluding hydrogens is 413 g/mol. The van der Waals surface area contributed by atoms with Crippen LogP contribution in [0, 0.1) is 5.82 Å². The van der Waals surface area contributed by atoms with E-state index in [2.05, 4.69) is 10.2 Å². The molecule has 0 amide bonds. The Bertz CT molecular complexity index is 891. The van der Waals surface area contributed by atoms with E-state index < -0.39 is 0 Å². The summed E-state index contributed by atoms with van der Waals surface area (Å²) in [4.78, 5) is 7.01. The Morgan fingerprint density at radius 3 is 2.69 bits per heavy atom. The fourth-order valence-electron chi connectivity index (χ4n) is 3.66. The van der Waals surface area contributed by atoms with Crippen LogP contribution in [-0.4, -0.2) is 62.0 Å². The Morgan fingerprint density at radius 1 is 1.22 bits per heavy atom. The minimum atomic E-state index is -0.257. The van der Waals surface area contributed by atoms with Crippen molar-refractivity contribution in [3.05, 3.63) is 59.4 Å². The fourth-order valence-corrected chi connectivity index (χ4v) is 3.66. The minimum absolute atomic E-state index is 0.00529. The minimum Gasteiger partial charge on any atom is -0.493 e. The number of aliphatic hydroxyl groups is 1. The Kier molecular flexibility index (Phi) is 8.70. The maximum absolute atomic E-state index is 13.3. The van der Waals surface area contributed by atoms with Crippen LogP contribution in [0.4, 0.5) is 4.39 Å². The smallest absolute Gasteiger partial charge is 0.194 e. The van der Waals surface area contributed by atoms with E-state index in [9.17, 15) is 4.39 Å². The summed E-state index contributed by atoms with van der Waals surface area (Å²) in [6, 6.07) is 12.1. The van der Waals surface area contributed by atoms with E-state index in [0.717, 1.165) is 23.6 Å². The van der Waals surface area contributed by atoms with Crippen molar-refractivity contribution in [2.75, 3.05) is 40.0 Å². The average molecular weight is 446 g/mol. The summed E-state index contributed by atoms with van der Waals surface area (Å²) in [5.41, 5.74) is 1.92. The molecule has 0 spiro atoms. The molecular formula is C24H32FN3O4. The fraction of sp³-hybridized carbons (Fsp3) is 0.458. The molecule has 0 radical (unpaired) electrons. The van der Waals surface area contributed by atoms with E-state index in [1.165, 1.54) is 12.1 Å². The van der Waals surface area contributed by atoms with Gasteiger partial charge in [0.1, 0.15) is 18.5 Å². The summed E-state index contributed by atoms with van der Waals surface area (Å²) >= 11 is 0. The van der Waals surface area contributed by atoms with Gasteiger partial charge in [-0.05, 0) is 49.2 Å². The Hall–Kier alpha value is -2.84. The van der Waals surface area contributed by atoms with Crippen LogP contribution in [0.1, 0.15) is 31.1 Å². The number of hydrogen-bond acceptors (Lipinski definition) is 5. The highest BCUT2D eigenvalue weighted by atomic mass is 19.1. The summed E-state index contributed by atoms with van der Waals surface area (Å²) in [5, 5.41) is 12.3. The number of halogens is 1. The molecule has 1 fully saturated rings. The first kappa shape index (κ1) is 23.8. The number of rotatable bonds is 8. The first-order valence-electron chi connectivity index (χ1n) is 10.9.